The largest absolute Gasteiger partial charge is 1.00 e. The maximum atomic E-state index is 11.1. The molecule has 0 aromatic carbocycles. The van der Waals surface area contributed by atoms with Crippen LogP contribution < -0.4 is 24.0 Å². The van der Waals surface area contributed by atoms with Crippen LogP contribution in [0.15, 0.2) is 0 Å². The van der Waals surface area contributed by atoms with Gasteiger partial charge in [-0.1, -0.05) is 111 Å². The number of hydrogen-bond donors (Lipinski definition) is 0. The van der Waals surface area contributed by atoms with E-state index in [1.54, 1.807) is 0 Å². The van der Waals surface area contributed by atoms with Crippen LogP contribution in [-0.4, -0.2) is 30.0 Å². The molecule has 0 fully saturated rings. The van der Waals surface area contributed by atoms with Crippen molar-refractivity contribution in [1.82, 2.24) is 4.90 Å². The number of unbranched alkanes of at least 4 members (excludes halogenated alkanes) is 14. The van der Waals surface area contributed by atoms with Crippen molar-refractivity contribution in [3.8, 4) is 0 Å². The molecule has 0 rings (SSSR count). The zero-order valence-corrected chi connectivity index (χ0v) is 20.5. The van der Waals surface area contributed by atoms with Crippen LogP contribution in [-0.2, 0) is 4.79 Å². The van der Waals surface area contributed by atoms with Crippen LogP contribution in [0.1, 0.15) is 136 Å². The van der Waals surface area contributed by atoms with Gasteiger partial charge in [0.1, 0.15) is 0 Å². The first-order chi connectivity index (χ1) is 13.7. The molecule has 29 heavy (non-hydrogen) atoms. The maximum absolute atomic E-state index is 11.1. The minimum atomic E-state index is -0.899. The Labute approximate surface area is 195 Å². The monoisotopic (exact) mass is 403 g/mol. The topological polar surface area (TPSA) is 43.4 Å². The van der Waals surface area contributed by atoms with E-state index >= 15 is 0 Å². The third-order valence-electron chi connectivity index (χ3n) is 5.99. The van der Waals surface area contributed by atoms with Crippen LogP contribution in [0.4, 0.5) is 0 Å². The molecule has 168 valence electrons. The number of carbonyl (C=O) groups excluding carboxylic acids is 1. The van der Waals surface area contributed by atoms with Crippen LogP contribution in [0, 0.1) is 0 Å². The first kappa shape index (κ1) is 31.2. The third kappa shape index (κ3) is 21.1. The molecule has 1 atom stereocenters. The Bertz CT molecular complexity index is 319. The number of aliphatic carboxylic acids is 1. The van der Waals surface area contributed by atoms with Gasteiger partial charge < -0.3 is 14.8 Å². The molecular formula is C25H50LiNO2. The van der Waals surface area contributed by atoms with Crippen molar-refractivity contribution in [1.29, 1.82) is 0 Å². The molecule has 0 bridgehead atoms. The van der Waals surface area contributed by atoms with Gasteiger partial charge in [0.2, 0.25) is 0 Å². The number of carboxylic acid groups (broad SMARTS) is 1. The Morgan fingerprint density at radius 3 is 1.31 bits per heavy atom. The molecule has 0 amide bonds. The molecule has 1 unspecified atom stereocenters. The van der Waals surface area contributed by atoms with Gasteiger partial charge >= 0.3 is 18.9 Å². The SMILES string of the molecule is CCCCCCCCCCN(CCCCCCCCCC)C(CC)CC(=O)[O-].[Li+]. The molecule has 3 nitrogen and oxygen atoms in total. The maximum Gasteiger partial charge on any atom is 1.00 e. The number of carbonyl (C=O) groups is 1. The fraction of sp³-hybridized carbons (Fsp3) is 0.960. The molecule has 0 N–H and O–H groups in total. The van der Waals surface area contributed by atoms with E-state index in [0.29, 0.717) is 0 Å². The molecule has 0 aliphatic carbocycles. The second kappa shape index (κ2) is 24.3. The van der Waals surface area contributed by atoms with E-state index in [9.17, 15) is 9.90 Å². The van der Waals surface area contributed by atoms with Crippen LogP contribution in [0.2, 0.25) is 0 Å². The molecule has 0 saturated heterocycles. The van der Waals surface area contributed by atoms with Crippen LogP contribution in [0.3, 0.4) is 0 Å². The average molecular weight is 404 g/mol. The number of rotatable bonds is 22. The zero-order chi connectivity index (χ0) is 20.9. The number of nitrogens with zero attached hydrogens (tertiary/aromatic N) is 1. The van der Waals surface area contributed by atoms with Gasteiger partial charge in [0.15, 0.2) is 0 Å². The number of hydrogen-bond acceptors (Lipinski definition) is 3. The van der Waals surface area contributed by atoms with Gasteiger partial charge in [0, 0.05) is 18.4 Å². The quantitative estimate of drug-likeness (QED) is 0.205. The van der Waals surface area contributed by atoms with Crippen molar-refractivity contribution in [2.45, 2.75) is 142 Å². The van der Waals surface area contributed by atoms with Crippen molar-refractivity contribution in [3.63, 3.8) is 0 Å². The molecule has 0 heterocycles. The molecule has 0 aromatic rings. The predicted molar refractivity (Wildman–Crippen MR) is 120 cm³/mol. The summed E-state index contributed by atoms with van der Waals surface area (Å²) in [5, 5.41) is 11.1. The van der Waals surface area contributed by atoms with Crippen molar-refractivity contribution >= 4 is 5.97 Å². The standard InChI is InChI=1S/C25H51NO2.Li/c1-4-7-9-11-13-15-17-19-21-26(24(6-3)23-25(27)28)22-20-18-16-14-12-10-8-5-2;/h24H,4-23H2,1-3H3,(H,27,28);/q;+1/p-1. The molecule has 0 spiro atoms. The van der Waals surface area contributed by atoms with Gasteiger partial charge in [0.25, 0.3) is 0 Å². The van der Waals surface area contributed by atoms with E-state index in [1.807, 2.05) is 0 Å². The van der Waals surface area contributed by atoms with Gasteiger partial charge in [-0.2, -0.15) is 0 Å². The Hall–Kier alpha value is 0.0274. The molecule has 4 heteroatoms. The average Bonchev–Trinajstić information content (AvgIpc) is 2.68. The van der Waals surface area contributed by atoms with Crippen LogP contribution in [0.25, 0.3) is 0 Å². The Morgan fingerprint density at radius 1 is 0.655 bits per heavy atom. The van der Waals surface area contributed by atoms with Crippen molar-refractivity contribution in [3.05, 3.63) is 0 Å². The second-order valence-electron chi connectivity index (χ2n) is 8.62. The Kier molecular flexibility index (Phi) is 26.2. The van der Waals surface area contributed by atoms with Crippen LogP contribution >= 0.6 is 0 Å². The minimum Gasteiger partial charge on any atom is -0.550 e. The fourth-order valence-corrected chi connectivity index (χ4v) is 4.10. The molecule has 0 radical (unpaired) electrons. The zero-order valence-electron chi connectivity index (χ0n) is 20.5. The van der Waals surface area contributed by atoms with Crippen LogP contribution in [0.5, 0.6) is 0 Å². The summed E-state index contributed by atoms with van der Waals surface area (Å²) in [4.78, 5) is 13.6. The molecule has 0 saturated carbocycles. The predicted octanol–water partition coefficient (Wildman–Crippen LogP) is 3.49. The van der Waals surface area contributed by atoms with Crippen molar-refractivity contribution in [2.75, 3.05) is 13.1 Å². The van der Waals surface area contributed by atoms with Crippen molar-refractivity contribution < 1.29 is 28.8 Å². The van der Waals surface area contributed by atoms with Crippen molar-refractivity contribution in [2.24, 2.45) is 0 Å². The first-order valence-corrected chi connectivity index (χ1v) is 12.6. The molecule has 0 aliphatic heterocycles. The summed E-state index contributed by atoms with van der Waals surface area (Å²) >= 11 is 0. The van der Waals surface area contributed by atoms with E-state index in [-0.39, 0.29) is 31.3 Å². The Morgan fingerprint density at radius 2 is 1.00 bits per heavy atom. The third-order valence-corrected chi connectivity index (χ3v) is 5.99. The van der Waals surface area contributed by atoms with E-state index in [4.69, 9.17) is 0 Å². The summed E-state index contributed by atoms with van der Waals surface area (Å²) in [6, 6.07) is 0.152. The summed E-state index contributed by atoms with van der Waals surface area (Å²) < 4.78 is 0. The fourth-order valence-electron chi connectivity index (χ4n) is 4.10. The molecular weight excluding hydrogens is 353 g/mol. The Balaban J connectivity index is 0. The first-order valence-electron chi connectivity index (χ1n) is 12.6. The summed E-state index contributed by atoms with van der Waals surface area (Å²) in [6.45, 7) is 8.74. The smallest absolute Gasteiger partial charge is 0.550 e. The van der Waals surface area contributed by atoms with E-state index < -0.39 is 5.97 Å². The van der Waals surface area contributed by atoms with E-state index in [1.165, 1.54) is 103 Å². The van der Waals surface area contributed by atoms with E-state index in [2.05, 4.69) is 25.7 Å². The summed E-state index contributed by atoms with van der Waals surface area (Å²) in [7, 11) is 0. The van der Waals surface area contributed by atoms with Gasteiger partial charge in [-0.15, -0.1) is 0 Å². The summed E-state index contributed by atoms with van der Waals surface area (Å²) in [6.07, 6.45) is 22.3. The number of carboxylic acids is 1. The minimum absolute atomic E-state index is 0. The summed E-state index contributed by atoms with van der Waals surface area (Å²) in [5.74, 6) is -0.899. The summed E-state index contributed by atoms with van der Waals surface area (Å²) in [5.41, 5.74) is 0. The molecule has 0 aromatic heterocycles. The van der Waals surface area contributed by atoms with Gasteiger partial charge in [0.05, 0.1) is 0 Å². The van der Waals surface area contributed by atoms with Gasteiger partial charge in [-0.25, -0.2) is 0 Å². The van der Waals surface area contributed by atoms with Gasteiger partial charge in [-0.3, -0.25) is 0 Å². The molecule has 0 aliphatic rings. The normalized spacial score (nSPS) is 12.1. The van der Waals surface area contributed by atoms with E-state index in [0.717, 1.165) is 19.5 Å². The van der Waals surface area contributed by atoms with Gasteiger partial charge in [-0.05, 0) is 32.4 Å². The second-order valence-corrected chi connectivity index (χ2v) is 8.62.